The van der Waals surface area contributed by atoms with Crippen molar-refractivity contribution in [2.24, 2.45) is 0 Å². The molecule has 0 unspecified atom stereocenters. The molecule has 0 aromatic carbocycles. The van der Waals surface area contributed by atoms with Gasteiger partial charge in [0.15, 0.2) is 0 Å². The number of pyridine rings is 4. The average Bonchev–Trinajstić information content (AvgIpc) is 2.92. The van der Waals surface area contributed by atoms with E-state index in [9.17, 15) is 39.6 Å². The number of aromatic carboxylic acids is 4. The first-order valence-corrected chi connectivity index (χ1v) is 9.71. The first-order chi connectivity index (χ1) is 17.2. The molecule has 4 rings (SSSR count). The van der Waals surface area contributed by atoms with Crippen molar-refractivity contribution in [3.8, 4) is 0 Å². The number of carboxylic acid groups (broad SMARTS) is 4. The Morgan fingerprint density at radius 2 is 0.595 bits per heavy atom. The van der Waals surface area contributed by atoms with Crippen LogP contribution in [0.3, 0.4) is 0 Å². The smallest absolute Gasteiger partial charge is 0.543 e. The second-order valence-corrected chi connectivity index (χ2v) is 6.01. The molecule has 186 valence electrons. The molecule has 0 aliphatic heterocycles. The molecule has 0 radical (unpaired) electrons. The molecule has 4 aromatic rings. The van der Waals surface area contributed by atoms with Gasteiger partial charge in [-0.3, -0.25) is 19.9 Å². The number of nitrogens with zero attached hydrogens (tertiary/aromatic N) is 4. The van der Waals surface area contributed by atoms with Gasteiger partial charge in [-0.2, -0.15) is 0 Å². The number of aromatic nitrogens is 4. The molecule has 4 heterocycles. The summed E-state index contributed by atoms with van der Waals surface area (Å²) in [4.78, 5) is 54.2. The van der Waals surface area contributed by atoms with Gasteiger partial charge < -0.3 is 39.6 Å². The van der Waals surface area contributed by atoms with E-state index in [1.54, 1.807) is 48.5 Å². The number of carbonyl (C=O) groups is 4. The first-order valence-electron chi connectivity index (χ1n) is 9.71. The number of hydrogen-bond acceptors (Lipinski definition) is 12. The first kappa shape index (κ1) is 32.2. The van der Waals surface area contributed by atoms with Crippen LogP contribution in [0.5, 0.6) is 0 Å². The van der Waals surface area contributed by atoms with Crippen molar-refractivity contribution < 1.29 is 60.7 Å². The maximum Gasteiger partial charge on any atom is 4.00 e. The second-order valence-electron chi connectivity index (χ2n) is 6.01. The van der Waals surface area contributed by atoms with Crippen molar-refractivity contribution in [2.75, 3.05) is 0 Å². The Labute approximate surface area is 224 Å². The van der Waals surface area contributed by atoms with Crippen LogP contribution in [0.15, 0.2) is 97.6 Å². The third kappa shape index (κ3) is 14.2. The fourth-order valence-electron chi connectivity index (χ4n) is 1.93. The van der Waals surface area contributed by atoms with Gasteiger partial charge in [0.05, 0.1) is 46.7 Å². The van der Waals surface area contributed by atoms with Gasteiger partial charge in [-0.25, -0.2) is 0 Å². The number of carboxylic acids is 4. The van der Waals surface area contributed by atoms with Gasteiger partial charge in [-0.15, -0.1) is 0 Å². The van der Waals surface area contributed by atoms with Gasteiger partial charge in [0.25, 0.3) is 0 Å². The summed E-state index contributed by atoms with van der Waals surface area (Å²) in [5, 5.41) is 40.1. The summed E-state index contributed by atoms with van der Waals surface area (Å²) in [6, 6.07) is 18.5. The van der Waals surface area contributed by atoms with Gasteiger partial charge in [-0.1, -0.05) is 24.3 Å². The summed E-state index contributed by atoms with van der Waals surface area (Å²) >= 11 is 0. The predicted molar refractivity (Wildman–Crippen MR) is 114 cm³/mol. The Kier molecular flexibility index (Phi) is 16.1. The number of hydrogen-bond donors (Lipinski definition) is 0. The molecule has 13 heteroatoms. The molecule has 12 nitrogen and oxygen atoms in total. The molecule has 0 aliphatic rings. The molecule has 0 atom stereocenters. The minimum atomic E-state index is -1.24. The van der Waals surface area contributed by atoms with Crippen molar-refractivity contribution in [1.29, 1.82) is 0 Å². The maximum atomic E-state index is 10.0. The monoisotopic (exact) mass is 672 g/mol. The van der Waals surface area contributed by atoms with Crippen LogP contribution in [-0.4, -0.2) is 43.8 Å². The molecule has 0 amide bonds. The molecule has 37 heavy (non-hydrogen) atoms. The summed E-state index contributed by atoms with van der Waals surface area (Å²) in [5.41, 5.74) is -0.120. The summed E-state index contributed by atoms with van der Waals surface area (Å²) in [7, 11) is 0. The van der Waals surface area contributed by atoms with Gasteiger partial charge in [0, 0.05) is 24.8 Å². The Morgan fingerprint density at radius 3 is 0.676 bits per heavy atom. The van der Waals surface area contributed by atoms with Crippen molar-refractivity contribution in [3.63, 3.8) is 0 Å². The van der Waals surface area contributed by atoms with Gasteiger partial charge in [0.1, 0.15) is 0 Å². The van der Waals surface area contributed by atoms with Crippen molar-refractivity contribution in [1.82, 2.24) is 19.9 Å². The summed E-state index contributed by atoms with van der Waals surface area (Å²) in [6.45, 7) is 0. The van der Waals surface area contributed by atoms with Crippen LogP contribution in [0.25, 0.3) is 0 Å². The van der Waals surface area contributed by atoms with Gasteiger partial charge in [0.2, 0.25) is 0 Å². The molecule has 0 N–H and O–H groups in total. The van der Waals surface area contributed by atoms with Crippen LogP contribution in [-0.2, 0) is 21.1 Å². The molecule has 0 aliphatic carbocycles. The SMILES string of the molecule is O=C([O-])c1ccccn1.O=C([O-])c1ccccn1.O=C([O-])c1ccccn1.O=C([O-])c1ccccn1.[W+4]. The van der Waals surface area contributed by atoms with Crippen molar-refractivity contribution >= 4 is 23.9 Å². The topological polar surface area (TPSA) is 212 Å². The molecule has 0 fully saturated rings. The Bertz CT molecular complexity index is 1030. The molecular weight excluding hydrogens is 656 g/mol. The molecule has 0 saturated heterocycles. The van der Waals surface area contributed by atoms with Crippen LogP contribution < -0.4 is 20.4 Å². The standard InChI is InChI=1S/4C6H5NO2.W/c4*8-6(9)5-3-1-2-4-7-5;/h4*1-4H,(H,8,9);/q;;;;+4/p-4. The fourth-order valence-corrected chi connectivity index (χ4v) is 1.93. The molecule has 0 saturated carbocycles. The van der Waals surface area contributed by atoms with Gasteiger partial charge in [-0.05, 0) is 48.5 Å². The number of rotatable bonds is 4. The van der Waals surface area contributed by atoms with Crippen LogP contribution in [0, 0.1) is 0 Å². The summed E-state index contributed by atoms with van der Waals surface area (Å²) in [6.07, 6.45) is 5.63. The zero-order valence-electron chi connectivity index (χ0n) is 18.7. The zero-order valence-corrected chi connectivity index (χ0v) is 21.6. The molecule has 4 aromatic heterocycles. The Balaban J connectivity index is 0.000000463. The molecule has 0 spiro atoms. The molecular formula is C24H16N4O8W. The zero-order chi connectivity index (χ0) is 26.8. The van der Waals surface area contributed by atoms with E-state index in [2.05, 4.69) is 19.9 Å². The minimum absolute atomic E-state index is 0. The van der Waals surface area contributed by atoms with E-state index in [1.807, 2.05) is 0 Å². The van der Waals surface area contributed by atoms with E-state index < -0.39 is 23.9 Å². The normalized spacial score (nSPS) is 8.65. The Morgan fingerprint density at radius 1 is 0.405 bits per heavy atom. The summed E-state index contributed by atoms with van der Waals surface area (Å²) < 4.78 is 0. The number of carbonyl (C=O) groups excluding carboxylic acids is 4. The third-order valence-corrected chi connectivity index (χ3v) is 3.50. The van der Waals surface area contributed by atoms with E-state index in [4.69, 9.17) is 0 Å². The van der Waals surface area contributed by atoms with Crippen molar-refractivity contribution in [3.05, 3.63) is 120 Å². The van der Waals surface area contributed by atoms with Crippen molar-refractivity contribution in [2.45, 2.75) is 0 Å². The van der Waals surface area contributed by atoms with E-state index in [0.29, 0.717) is 0 Å². The quantitative estimate of drug-likeness (QED) is 0.226. The molecule has 0 bridgehead atoms. The van der Waals surface area contributed by atoms with E-state index in [-0.39, 0.29) is 43.8 Å². The van der Waals surface area contributed by atoms with Crippen LogP contribution in [0.2, 0.25) is 0 Å². The average molecular weight is 672 g/mol. The minimum Gasteiger partial charge on any atom is -0.543 e. The van der Waals surface area contributed by atoms with Crippen LogP contribution >= 0.6 is 0 Å². The van der Waals surface area contributed by atoms with Gasteiger partial charge >= 0.3 is 21.1 Å². The maximum absolute atomic E-state index is 10.0. The largest absolute Gasteiger partial charge is 4.00 e. The fraction of sp³-hybridized carbons (Fsp3) is 0. The van der Waals surface area contributed by atoms with E-state index >= 15 is 0 Å². The second kappa shape index (κ2) is 18.5. The predicted octanol–water partition coefficient (Wildman–Crippen LogP) is -2.22. The van der Waals surface area contributed by atoms with Crippen LogP contribution in [0.4, 0.5) is 0 Å². The Hall–Kier alpha value is -4.83. The van der Waals surface area contributed by atoms with E-state index in [1.165, 1.54) is 49.1 Å². The third-order valence-electron chi connectivity index (χ3n) is 3.50. The van der Waals surface area contributed by atoms with Crippen LogP contribution in [0.1, 0.15) is 42.0 Å². The summed E-state index contributed by atoms with van der Waals surface area (Å²) in [5.74, 6) is -4.96. The van der Waals surface area contributed by atoms with E-state index in [0.717, 1.165) is 0 Å².